The summed E-state index contributed by atoms with van der Waals surface area (Å²) in [5.41, 5.74) is 0. The smallest absolute Gasteiger partial charge is 0.125 e. The maximum atomic E-state index is 4.20. The highest BCUT2D eigenvalue weighted by atomic mass is 15.2. The van der Waals surface area contributed by atoms with Crippen molar-refractivity contribution in [2.75, 3.05) is 0 Å². The summed E-state index contributed by atoms with van der Waals surface area (Å²) in [4.78, 5) is 6.35. The molecule has 1 heterocycles. The fourth-order valence-electron chi connectivity index (χ4n) is 1.77. The molecule has 1 aliphatic heterocycles. The quantitative estimate of drug-likeness (QED) is 0.658. The van der Waals surface area contributed by atoms with Crippen LogP contribution >= 0.6 is 0 Å². The second-order valence-corrected chi connectivity index (χ2v) is 4.62. The van der Waals surface area contributed by atoms with E-state index in [0.29, 0.717) is 6.04 Å². The fourth-order valence-corrected chi connectivity index (χ4v) is 1.77. The van der Waals surface area contributed by atoms with Crippen molar-refractivity contribution >= 4 is 6.21 Å². The summed E-state index contributed by atoms with van der Waals surface area (Å²) in [5, 5.41) is 0. The molecule has 2 nitrogen and oxygen atoms in total. The van der Waals surface area contributed by atoms with Crippen molar-refractivity contribution in [3.05, 3.63) is 24.7 Å². The Labute approximate surface area is 106 Å². The van der Waals surface area contributed by atoms with Gasteiger partial charge in [-0.15, -0.1) is 12.8 Å². The highest BCUT2D eigenvalue weighted by molar-refractivity contribution is 5.73. The maximum absolute atomic E-state index is 4.20. The first-order valence-corrected chi connectivity index (χ1v) is 6.12. The Morgan fingerprint density at radius 1 is 1.29 bits per heavy atom. The molecule has 0 N–H and O–H groups in total. The van der Waals surface area contributed by atoms with Crippen LogP contribution in [0.1, 0.15) is 40.0 Å². The van der Waals surface area contributed by atoms with Gasteiger partial charge in [0.05, 0.1) is 0 Å². The van der Waals surface area contributed by atoms with Crippen LogP contribution in [0.25, 0.3) is 0 Å². The maximum Gasteiger partial charge on any atom is 0.125 e. The Hall–Kier alpha value is -1.49. The summed E-state index contributed by atoms with van der Waals surface area (Å²) in [7, 11) is 0. The summed E-state index contributed by atoms with van der Waals surface area (Å²) in [6, 6.07) is 0.505. The highest BCUT2D eigenvalue weighted by Crippen LogP contribution is 2.18. The normalized spacial score (nSPS) is 15.6. The van der Waals surface area contributed by atoms with Gasteiger partial charge in [0.25, 0.3) is 0 Å². The van der Waals surface area contributed by atoms with Gasteiger partial charge in [0, 0.05) is 18.5 Å². The lowest BCUT2D eigenvalue weighted by atomic mass is 10.0. The zero-order chi connectivity index (χ0) is 13.3. The van der Waals surface area contributed by atoms with Gasteiger partial charge in [-0.3, -0.25) is 0 Å². The minimum atomic E-state index is 0.505. The van der Waals surface area contributed by atoms with E-state index in [1.807, 2.05) is 6.08 Å². The van der Waals surface area contributed by atoms with Gasteiger partial charge in [-0.1, -0.05) is 33.3 Å². The molecule has 0 spiro atoms. The van der Waals surface area contributed by atoms with Crippen LogP contribution in [0.4, 0.5) is 0 Å². The van der Waals surface area contributed by atoms with Crippen molar-refractivity contribution < 1.29 is 0 Å². The molecule has 0 aromatic rings. The van der Waals surface area contributed by atoms with Gasteiger partial charge in [-0.2, -0.15) is 0 Å². The fraction of sp³-hybridized carbons (Fsp3) is 0.533. The number of allylic oxidation sites excluding steroid dienone is 1. The predicted octanol–water partition coefficient (Wildman–Crippen LogP) is 3.82. The Balaban J connectivity index is 0.00000121. The highest BCUT2D eigenvalue weighted by Gasteiger charge is 2.13. The molecule has 1 atom stereocenters. The standard InChI is InChI=1S/C13H22N2.C2H2/c1-11(2)7-5-8-12(3)15-10-6-9-14-13(15)4;1-2/h6,9-12H,4-5,7-8H2,1-3H3;1-2H. The Morgan fingerprint density at radius 3 is 2.47 bits per heavy atom. The van der Waals surface area contributed by atoms with Crippen LogP contribution < -0.4 is 0 Å². The van der Waals surface area contributed by atoms with Gasteiger partial charge in [-0.05, 0) is 25.3 Å². The van der Waals surface area contributed by atoms with Gasteiger partial charge in [0.1, 0.15) is 5.82 Å². The molecule has 0 saturated heterocycles. The Bertz CT molecular complexity index is 297. The molecule has 1 rings (SSSR count). The number of nitrogens with zero attached hydrogens (tertiary/aromatic N) is 2. The lowest BCUT2D eigenvalue weighted by Gasteiger charge is -2.28. The topological polar surface area (TPSA) is 15.6 Å². The van der Waals surface area contributed by atoms with Gasteiger partial charge in [0.15, 0.2) is 0 Å². The van der Waals surface area contributed by atoms with E-state index in [-0.39, 0.29) is 0 Å². The third-order valence-electron chi connectivity index (χ3n) is 2.73. The van der Waals surface area contributed by atoms with E-state index in [1.54, 1.807) is 6.21 Å². The number of terminal acetylenes is 1. The first-order valence-electron chi connectivity index (χ1n) is 6.12. The molecule has 1 aliphatic rings. The van der Waals surface area contributed by atoms with E-state index in [2.05, 4.69) is 56.3 Å². The Morgan fingerprint density at radius 2 is 1.94 bits per heavy atom. The molecular weight excluding hydrogens is 208 g/mol. The summed E-state index contributed by atoms with van der Waals surface area (Å²) in [6.07, 6.45) is 17.6. The minimum absolute atomic E-state index is 0.505. The summed E-state index contributed by atoms with van der Waals surface area (Å²) >= 11 is 0. The monoisotopic (exact) mass is 232 g/mol. The van der Waals surface area contributed by atoms with Gasteiger partial charge < -0.3 is 4.90 Å². The second-order valence-electron chi connectivity index (χ2n) is 4.62. The van der Waals surface area contributed by atoms with Crippen LogP contribution in [0, 0.1) is 18.8 Å². The lowest BCUT2D eigenvalue weighted by molar-refractivity contribution is 0.325. The minimum Gasteiger partial charge on any atom is -0.331 e. The molecule has 2 heteroatoms. The predicted molar refractivity (Wildman–Crippen MR) is 76.7 cm³/mol. The molecule has 0 radical (unpaired) electrons. The van der Waals surface area contributed by atoms with Gasteiger partial charge in [0.2, 0.25) is 0 Å². The number of hydrogen-bond acceptors (Lipinski definition) is 2. The zero-order valence-electron chi connectivity index (χ0n) is 11.3. The summed E-state index contributed by atoms with van der Waals surface area (Å²) < 4.78 is 0. The lowest BCUT2D eigenvalue weighted by Crippen LogP contribution is -2.27. The average Bonchev–Trinajstić information content (AvgIpc) is 2.31. The Kier molecular flexibility index (Phi) is 7.88. The molecule has 0 saturated carbocycles. The number of aliphatic imine (C=N–C) groups is 1. The number of rotatable bonds is 5. The summed E-state index contributed by atoms with van der Waals surface area (Å²) in [6.45, 7) is 10.7. The van der Waals surface area contributed by atoms with E-state index in [0.717, 1.165) is 11.7 Å². The molecule has 0 aliphatic carbocycles. The van der Waals surface area contributed by atoms with Crippen LogP contribution in [0.5, 0.6) is 0 Å². The van der Waals surface area contributed by atoms with Crippen molar-refractivity contribution in [1.29, 1.82) is 0 Å². The number of hydrogen-bond donors (Lipinski definition) is 0. The van der Waals surface area contributed by atoms with Crippen molar-refractivity contribution in [2.45, 2.75) is 46.1 Å². The molecule has 0 amide bonds. The molecule has 0 aromatic carbocycles. The van der Waals surface area contributed by atoms with E-state index in [9.17, 15) is 0 Å². The van der Waals surface area contributed by atoms with Gasteiger partial charge >= 0.3 is 0 Å². The molecule has 0 fully saturated rings. The van der Waals surface area contributed by atoms with Crippen LogP contribution in [-0.4, -0.2) is 17.2 Å². The molecule has 94 valence electrons. The average molecular weight is 232 g/mol. The SMILES string of the molecule is C#C.C=C1N=CC=CN1C(C)CCCC(C)C. The van der Waals surface area contributed by atoms with E-state index in [4.69, 9.17) is 0 Å². The van der Waals surface area contributed by atoms with E-state index < -0.39 is 0 Å². The van der Waals surface area contributed by atoms with Crippen LogP contribution in [0.15, 0.2) is 29.7 Å². The molecule has 1 unspecified atom stereocenters. The van der Waals surface area contributed by atoms with Crippen molar-refractivity contribution in [1.82, 2.24) is 4.90 Å². The van der Waals surface area contributed by atoms with Crippen LogP contribution in [0.2, 0.25) is 0 Å². The molecule has 0 bridgehead atoms. The largest absolute Gasteiger partial charge is 0.331 e. The van der Waals surface area contributed by atoms with Crippen molar-refractivity contribution in [3.63, 3.8) is 0 Å². The van der Waals surface area contributed by atoms with Crippen LogP contribution in [-0.2, 0) is 0 Å². The van der Waals surface area contributed by atoms with Crippen molar-refractivity contribution in [3.8, 4) is 12.8 Å². The summed E-state index contributed by atoms with van der Waals surface area (Å²) in [5.74, 6) is 1.66. The van der Waals surface area contributed by atoms with Gasteiger partial charge in [-0.25, -0.2) is 4.99 Å². The second kappa shape index (κ2) is 8.64. The molecule has 0 aromatic heterocycles. The third kappa shape index (κ3) is 5.97. The zero-order valence-corrected chi connectivity index (χ0v) is 11.3. The van der Waals surface area contributed by atoms with Crippen LogP contribution in [0.3, 0.4) is 0 Å². The van der Waals surface area contributed by atoms with E-state index >= 15 is 0 Å². The molecule has 17 heavy (non-hydrogen) atoms. The first kappa shape index (κ1) is 15.5. The van der Waals surface area contributed by atoms with E-state index in [1.165, 1.54) is 19.3 Å². The third-order valence-corrected chi connectivity index (χ3v) is 2.73. The molecular formula is C15H24N2. The first-order chi connectivity index (χ1) is 8.11. The van der Waals surface area contributed by atoms with Crippen molar-refractivity contribution in [2.24, 2.45) is 10.9 Å².